The van der Waals surface area contributed by atoms with E-state index in [1.54, 1.807) is 11.8 Å². The molecule has 1 aliphatic rings. The highest BCUT2D eigenvalue weighted by Crippen LogP contribution is 2.35. The Bertz CT molecular complexity index is 933. The summed E-state index contributed by atoms with van der Waals surface area (Å²) in [7, 11) is 1.65. The first-order chi connectivity index (χ1) is 12.8. The van der Waals surface area contributed by atoms with Crippen LogP contribution in [0.5, 0.6) is 11.5 Å². The van der Waals surface area contributed by atoms with E-state index in [0.29, 0.717) is 12.6 Å². The van der Waals surface area contributed by atoms with Gasteiger partial charge >= 0.3 is 0 Å². The number of tetrazole rings is 1. The predicted octanol–water partition coefficient (Wildman–Crippen LogP) is 3.14. The number of fused-ring (bicyclic) bond motifs is 1. The van der Waals surface area contributed by atoms with Crippen molar-refractivity contribution in [3.63, 3.8) is 0 Å². The molecule has 26 heavy (non-hydrogen) atoms. The first-order valence-electron chi connectivity index (χ1n) is 8.43. The van der Waals surface area contributed by atoms with Crippen LogP contribution < -0.4 is 14.8 Å². The van der Waals surface area contributed by atoms with Gasteiger partial charge in [0.1, 0.15) is 17.5 Å². The summed E-state index contributed by atoms with van der Waals surface area (Å²) in [5.74, 6) is 2.23. The van der Waals surface area contributed by atoms with Crippen molar-refractivity contribution in [2.45, 2.75) is 13.0 Å². The summed E-state index contributed by atoms with van der Waals surface area (Å²) in [5.41, 5.74) is 2.97. The van der Waals surface area contributed by atoms with Crippen LogP contribution in [0.1, 0.15) is 24.1 Å². The fraction of sp³-hybridized carbons (Fsp3) is 0.211. The molecule has 2 heterocycles. The predicted molar refractivity (Wildman–Crippen MR) is 98.2 cm³/mol. The van der Waals surface area contributed by atoms with Crippen LogP contribution in [-0.2, 0) is 0 Å². The molecule has 7 nitrogen and oxygen atoms in total. The van der Waals surface area contributed by atoms with Crippen molar-refractivity contribution in [3.8, 4) is 11.5 Å². The summed E-state index contributed by atoms with van der Waals surface area (Å²) < 4.78 is 12.8. The maximum atomic E-state index is 5.80. The zero-order valence-corrected chi connectivity index (χ0v) is 14.6. The molecule has 132 valence electrons. The van der Waals surface area contributed by atoms with Gasteiger partial charge < -0.3 is 14.8 Å². The van der Waals surface area contributed by atoms with Gasteiger partial charge in [-0.05, 0) is 59.3 Å². The third kappa shape index (κ3) is 2.88. The number of methoxy groups -OCH3 is 1. The Morgan fingerprint density at radius 1 is 1.12 bits per heavy atom. The Morgan fingerprint density at radius 2 is 1.92 bits per heavy atom. The highest BCUT2D eigenvalue weighted by atomic mass is 16.5. The SMILES string of the molecule is CCOc1ccccc1C1C=C(c2ccc(OC)cc2)Nc2nnnn21. The Kier molecular flexibility index (Phi) is 4.27. The molecule has 1 atom stereocenters. The molecule has 1 unspecified atom stereocenters. The Balaban J connectivity index is 1.78. The van der Waals surface area contributed by atoms with Gasteiger partial charge in [-0.1, -0.05) is 23.3 Å². The molecule has 3 aromatic rings. The minimum absolute atomic E-state index is 0.166. The lowest BCUT2D eigenvalue weighted by molar-refractivity contribution is 0.333. The highest BCUT2D eigenvalue weighted by molar-refractivity contribution is 5.77. The number of para-hydroxylation sites is 1. The van der Waals surface area contributed by atoms with Gasteiger partial charge in [0.25, 0.3) is 0 Å². The monoisotopic (exact) mass is 349 g/mol. The first-order valence-corrected chi connectivity index (χ1v) is 8.43. The van der Waals surface area contributed by atoms with Gasteiger partial charge in [0.05, 0.1) is 13.7 Å². The number of rotatable bonds is 5. The smallest absolute Gasteiger partial charge is 0.248 e. The van der Waals surface area contributed by atoms with Crippen molar-refractivity contribution < 1.29 is 9.47 Å². The molecular formula is C19H19N5O2. The van der Waals surface area contributed by atoms with E-state index < -0.39 is 0 Å². The lowest BCUT2D eigenvalue weighted by Gasteiger charge is -2.25. The minimum Gasteiger partial charge on any atom is -0.497 e. The van der Waals surface area contributed by atoms with Gasteiger partial charge in [-0.15, -0.1) is 0 Å². The zero-order valence-electron chi connectivity index (χ0n) is 14.6. The topological polar surface area (TPSA) is 74.1 Å². The fourth-order valence-electron chi connectivity index (χ4n) is 3.03. The Labute approximate surface area is 151 Å². The van der Waals surface area contributed by atoms with Crippen molar-refractivity contribution in [2.24, 2.45) is 0 Å². The van der Waals surface area contributed by atoms with Crippen LogP contribution in [0, 0.1) is 0 Å². The number of hydrogen-bond donors (Lipinski definition) is 1. The van der Waals surface area contributed by atoms with Crippen LogP contribution in [0.2, 0.25) is 0 Å². The summed E-state index contributed by atoms with van der Waals surface area (Å²) in [6.07, 6.45) is 2.10. The molecule has 0 saturated carbocycles. The van der Waals surface area contributed by atoms with Crippen molar-refractivity contribution in [3.05, 3.63) is 65.7 Å². The van der Waals surface area contributed by atoms with Crippen LogP contribution >= 0.6 is 0 Å². The number of ether oxygens (including phenoxy) is 2. The van der Waals surface area contributed by atoms with E-state index in [0.717, 1.165) is 28.3 Å². The minimum atomic E-state index is -0.166. The van der Waals surface area contributed by atoms with Crippen LogP contribution in [0.4, 0.5) is 5.95 Å². The molecule has 0 bridgehead atoms. The molecule has 1 aromatic heterocycles. The molecule has 0 fully saturated rings. The average Bonchev–Trinajstić information content (AvgIpc) is 3.17. The van der Waals surface area contributed by atoms with Crippen molar-refractivity contribution >= 4 is 11.6 Å². The molecule has 0 amide bonds. The second-order valence-corrected chi connectivity index (χ2v) is 5.80. The van der Waals surface area contributed by atoms with E-state index >= 15 is 0 Å². The number of aromatic nitrogens is 4. The van der Waals surface area contributed by atoms with Gasteiger partial charge in [0, 0.05) is 11.3 Å². The van der Waals surface area contributed by atoms with Gasteiger partial charge in [-0.2, -0.15) is 4.68 Å². The number of hydrogen-bond acceptors (Lipinski definition) is 6. The van der Waals surface area contributed by atoms with Crippen LogP contribution in [0.3, 0.4) is 0 Å². The van der Waals surface area contributed by atoms with E-state index in [1.165, 1.54) is 0 Å². The van der Waals surface area contributed by atoms with E-state index in [4.69, 9.17) is 9.47 Å². The van der Waals surface area contributed by atoms with Gasteiger partial charge in [0.2, 0.25) is 5.95 Å². The molecule has 0 radical (unpaired) electrons. The molecule has 7 heteroatoms. The summed E-state index contributed by atoms with van der Waals surface area (Å²) in [6, 6.07) is 15.7. The third-order valence-electron chi connectivity index (χ3n) is 4.27. The summed E-state index contributed by atoms with van der Waals surface area (Å²) in [6.45, 7) is 2.57. The first kappa shape index (κ1) is 16.1. The molecule has 0 saturated heterocycles. The zero-order chi connectivity index (χ0) is 17.9. The van der Waals surface area contributed by atoms with Crippen LogP contribution in [0.25, 0.3) is 5.70 Å². The number of nitrogens with one attached hydrogen (secondary N) is 1. The molecule has 1 aliphatic heterocycles. The van der Waals surface area contributed by atoms with Crippen LogP contribution in [0.15, 0.2) is 54.6 Å². The molecule has 0 spiro atoms. The third-order valence-corrected chi connectivity index (χ3v) is 4.27. The summed E-state index contributed by atoms with van der Waals surface area (Å²) in [5, 5.41) is 15.4. The maximum Gasteiger partial charge on any atom is 0.248 e. The molecular weight excluding hydrogens is 330 g/mol. The second-order valence-electron chi connectivity index (χ2n) is 5.80. The van der Waals surface area contributed by atoms with E-state index in [1.807, 2.05) is 55.5 Å². The molecule has 4 rings (SSSR count). The largest absolute Gasteiger partial charge is 0.497 e. The summed E-state index contributed by atoms with van der Waals surface area (Å²) >= 11 is 0. The van der Waals surface area contributed by atoms with Crippen molar-refractivity contribution in [1.29, 1.82) is 0 Å². The average molecular weight is 349 g/mol. The molecule has 1 N–H and O–H groups in total. The van der Waals surface area contributed by atoms with E-state index in [2.05, 4.69) is 26.9 Å². The second kappa shape index (κ2) is 6.87. The maximum absolute atomic E-state index is 5.80. The number of nitrogens with zero attached hydrogens (tertiary/aromatic N) is 4. The number of allylic oxidation sites excluding steroid dienone is 1. The lowest BCUT2D eigenvalue weighted by Crippen LogP contribution is -2.20. The lowest BCUT2D eigenvalue weighted by atomic mass is 10.0. The quantitative estimate of drug-likeness (QED) is 0.763. The summed E-state index contributed by atoms with van der Waals surface area (Å²) in [4.78, 5) is 0. The Morgan fingerprint density at radius 3 is 2.69 bits per heavy atom. The van der Waals surface area contributed by atoms with Gasteiger partial charge in [-0.3, -0.25) is 0 Å². The van der Waals surface area contributed by atoms with Gasteiger partial charge in [0.15, 0.2) is 0 Å². The highest BCUT2D eigenvalue weighted by Gasteiger charge is 2.26. The van der Waals surface area contributed by atoms with Crippen LogP contribution in [-0.4, -0.2) is 33.9 Å². The number of anilines is 1. The van der Waals surface area contributed by atoms with Crippen molar-refractivity contribution in [2.75, 3.05) is 19.0 Å². The fourth-order valence-corrected chi connectivity index (χ4v) is 3.03. The Hall–Kier alpha value is -3.35. The normalized spacial score (nSPS) is 15.6. The molecule has 2 aromatic carbocycles. The molecule has 0 aliphatic carbocycles. The van der Waals surface area contributed by atoms with Gasteiger partial charge in [-0.25, -0.2) is 0 Å². The van der Waals surface area contributed by atoms with E-state index in [9.17, 15) is 0 Å². The standard InChI is InChI=1S/C19H19N5O2/c1-3-26-18-7-5-4-6-15(18)17-12-16(20-19-21-22-23-24(17)19)13-8-10-14(25-2)11-9-13/h4-12,17H,3H2,1-2H3,(H,20,21,23). The van der Waals surface area contributed by atoms with E-state index in [-0.39, 0.29) is 6.04 Å². The number of benzene rings is 2. The van der Waals surface area contributed by atoms with Crippen molar-refractivity contribution in [1.82, 2.24) is 20.2 Å².